The number of aromatic nitrogens is 8. The van der Waals surface area contributed by atoms with E-state index in [1.165, 1.54) is 18.9 Å². The highest BCUT2D eigenvalue weighted by Crippen LogP contribution is 2.32. The minimum Gasteiger partial charge on any atom is -0.481 e. The van der Waals surface area contributed by atoms with Gasteiger partial charge in [-0.25, -0.2) is 4.89 Å². The van der Waals surface area contributed by atoms with Crippen LogP contribution in [0.25, 0.3) is 22.1 Å². The molecule has 20 heteroatoms. The molecule has 0 aromatic carbocycles. The van der Waals surface area contributed by atoms with Crippen LogP contribution in [0.3, 0.4) is 0 Å². The summed E-state index contributed by atoms with van der Waals surface area (Å²) in [6.07, 6.45) is 1.93. The van der Waals surface area contributed by atoms with Gasteiger partial charge in [0.2, 0.25) is 22.3 Å². The van der Waals surface area contributed by atoms with E-state index in [-0.39, 0.29) is 10.6 Å². The number of aromatic amines is 2. The lowest BCUT2D eigenvalue weighted by molar-refractivity contribution is -0.176. The van der Waals surface area contributed by atoms with Crippen molar-refractivity contribution in [2.45, 2.75) is 30.8 Å². The molecular weight excluding hydrogens is 591 g/mol. The first-order valence-corrected chi connectivity index (χ1v) is 12.9. The first-order valence-electron chi connectivity index (χ1n) is 10.1. The molecule has 0 atom stereocenters. The molecule has 0 spiro atoms. The van der Waals surface area contributed by atoms with Crippen molar-refractivity contribution in [3.8, 4) is 11.8 Å². The summed E-state index contributed by atoms with van der Waals surface area (Å²) in [5.74, 6) is 0.00375. The molecule has 0 aliphatic heterocycles. The summed E-state index contributed by atoms with van der Waals surface area (Å²) < 4.78 is 15.5. The molecule has 0 bridgehead atoms. The van der Waals surface area contributed by atoms with Gasteiger partial charge >= 0.3 is 0 Å². The van der Waals surface area contributed by atoms with Gasteiger partial charge in [0.05, 0.1) is 32.4 Å². The van der Waals surface area contributed by atoms with Gasteiger partial charge < -0.3 is 14.6 Å². The summed E-state index contributed by atoms with van der Waals surface area (Å²) in [5.41, 5.74) is 1.08. The fraction of sp³-hybridized carbons (Fsp3) is 0.389. The van der Waals surface area contributed by atoms with Gasteiger partial charge in [0.15, 0.2) is 16.3 Å². The van der Waals surface area contributed by atoms with Crippen molar-refractivity contribution >= 4 is 75.0 Å². The Morgan fingerprint density at radius 1 is 0.895 bits per heavy atom. The number of fused-ring (bicyclic) bond motifs is 2. The zero-order valence-corrected chi connectivity index (χ0v) is 23.7. The van der Waals surface area contributed by atoms with Crippen molar-refractivity contribution in [2.24, 2.45) is 0 Å². The van der Waals surface area contributed by atoms with E-state index in [2.05, 4.69) is 45.2 Å². The molecule has 0 aliphatic rings. The van der Waals surface area contributed by atoms with Crippen molar-refractivity contribution in [3.05, 3.63) is 10.6 Å². The Labute approximate surface area is 233 Å². The number of carboxylic acids is 1. The minimum absolute atomic E-state index is 0.0915. The van der Waals surface area contributed by atoms with E-state index < -0.39 is 5.97 Å². The third kappa shape index (κ3) is 9.87. The van der Waals surface area contributed by atoms with E-state index in [0.717, 1.165) is 29.4 Å². The van der Waals surface area contributed by atoms with Gasteiger partial charge in [-0.2, -0.15) is 34.5 Å². The van der Waals surface area contributed by atoms with Gasteiger partial charge in [0.1, 0.15) is 15.8 Å². The third-order valence-corrected chi connectivity index (χ3v) is 5.27. The Kier molecular flexibility index (Phi) is 15.5. The fourth-order valence-corrected chi connectivity index (χ4v) is 3.78. The minimum atomic E-state index is -0.833. The smallest absolute Gasteiger partial charge is 0.300 e. The molecule has 4 rings (SSSR count). The molecule has 0 fully saturated rings. The largest absolute Gasteiger partial charge is 0.481 e. The number of rotatable bonds is 8. The number of carbonyl (C=O) groups is 1. The quantitative estimate of drug-likeness (QED) is 0.0615. The molecule has 0 unspecified atom stereocenters. The van der Waals surface area contributed by atoms with Gasteiger partial charge in [0, 0.05) is 6.92 Å². The van der Waals surface area contributed by atoms with Gasteiger partial charge in [-0.3, -0.25) is 25.5 Å². The highest BCUT2D eigenvalue weighted by Gasteiger charge is 2.17. The molecule has 0 radical (unpaired) electrons. The topological polar surface area (TPSA) is 224 Å². The fourth-order valence-electron chi connectivity index (χ4n) is 2.45. The van der Waals surface area contributed by atoms with Crippen molar-refractivity contribution in [2.75, 3.05) is 26.6 Å². The van der Waals surface area contributed by atoms with Gasteiger partial charge in [0.25, 0.3) is 5.97 Å². The molecule has 4 aromatic rings. The van der Waals surface area contributed by atoms with Crippen LogP contribution in [0, 0.1) is 0 Å². The third-order valence-electron chi connectivity index (χ3n) is 3.59. The SMILES string of the molecule is CC(=O)O.CCOc1nc(Cl)nc2[nH]nc(SC)c12.CCOc1nc(Cl)nc2[nH]nc(SOOC)c12.OO. The number of halogens is 2. The molecule has 0 amide bonds. The first-order chi connectivity index (χ1) is 18.2. The maximum Gasteiger partial charge on any atom is 0.300 e. The summed E-state index contributed by atoms with van der Waals surface area (Å²) in [7, 11) is 1.40. The van der Waals surface area contributed by atoms with Crippen LogP contribution >= 0.6 is 47.0 Å². The van der Waals surface area contributed by atoms with Gasteiger partial charge in [-0.05, 0) is 43.3 Å². The van der Waals surface area contributed by atoms with Crippen molar-refractivity contribution in [1.29, 1.82) is 0 Å². The molecule has 0 aliphatic carbocycles. The molecule has 38 heavy (non-hydrogen) atoms. The van der Waals surface area contributed by atoms with Crippen LogP contribution in [0.5, 0.6) is 11.8 Å². The van der Waals surface area contributed by atoms with E-state index in [1.807, 2.05) is 20.1 Å². The van der Waals surface area contributed by atoms with Crippen molar-refractivity contribution < 1.29 is 39.1 Å². The number of nitrogens with zero attached hydrogens (tertiary/aromatic N) is 6. The summed E-state index contributed by atoms with van der Waals surface area (Å²) in [6, 6.07) is 0. The zero-order chi connectivity index (χ0) is 28.7. The molecule has 4 aromatic heterocycles. The van der Waals surface area contributed by atoms with E-state index >= 15 is 0 Å². The van der Waals surface area contributed by atoms with Crippen LogP contribution in [-0.4, -0.2) is 88.5 Å². The second-order valence-corrected chi connectivity index (χ2v) is 8.17. The molecule has 4 heterocycles. The Bertz CT molecular complexity index is 1290. The predicted octanol–water partition coefficient (Wildman–Crippen LogP) is 4.23. The normalized spacial score (nSPS) is 10.0. The van der Waals surface area contributed by atoms with E-state index in [0.29, 0.717) is 46.7 Å². The Morgan fingerprint density at radius 3 is 1.71 bits per heavy atom. The van der Waals surface area contributed by atoms with Crippen LogP contribution in [0.15, 0.2) is 10.1 Å². The summed E-state index contributed by atoms with van der Waals surface area (Å²) in [6.45, 7) is 5.81. The lowest BCUT2D eigenvalue weighted by Crippen LogP contribution is -1.97. The predicted molar refractivity (Wildman–Crippen MR) is 140 cm³/mol. The monoisotopic (exact) mass is 614 g/mol. The molecule has 16 nitrogen and oxygen atoms in total. The van der Waals surface area contributed by atoms with Gasteiger partial charge in [-0.1, -0.05) is 0 Å². The number of carboxylic acid groups (broad SMARTS) is 1. The maximum atomic E-state index is 9.00. The zero-order valence-electron chi connectivity index (χ0n) is 20.6. The second-order valence-electron chi connectivity index (χ2n) is 6.01. The number of thioether (sulfide) groups is 1. The molecule has 0 saturated heterocycles. The lowest BCUT2D eigenvalue weighted by atomic mass is 10.4. The molecule has 0 saturated carbocycles. The standard InChI is InChI=1S/C8H9ClN4O3S.C8H9ClN4OS.C2H4O2.H2O2/c1-3-15-6-4-5(10-8(9)11-6)12-13-7(4)17-16-14-2;1-3-14-6-4-5(10-8(9)11-6)12-13-7(4)15-2;1-2(3)4;1-2/h3H2,1-2H3,(H,10,11,12,13);3H2,1-2H3,(H,10,11,12,13);1H3,(H,3,4);1-2H. The Morgan fingerprint density at radius 2 is 1.32 bits per heavy atom. The summed E-state index contributed by atoms with van der Waals surface area (Å²) in [5, 5.41) is 36.0. The van der Waals surface area contributed by atoms with Crippen LogP contribution in [0.1, 0.15) is 20.8 Å². The Hall–Kier alpha value is -2.71. The van der Waals surface area contributed by atoms with Crippen LogP contribution in [0.4, 0.5) is 0 Å². The maximum absolute atomic E-state index is 9.00. The first kappa shape index (κ1) is 33.3. The number of hydrogen-bond acceptors (Lipinski definition) is 15. The number of nitrogens with one attached hydrogen (secondary N) is 2. The molecular formula is C18H24Cl2N8O8S2. The number of hydrogen-bond donors (Lipinski definition) is 5. The van der Waals surface area contributed by atoms with E-state index in [4.69, 9.17) is 57.4 Å². The van der Waals surface area contributed by atoms with Crippen LogP contribution < -0.4 is 9.47 Å². The van der Waals surface area contributed by atoms with Gasteiger partial charge in [-0.15, -0.1) is 11.8 Å². The number of ether oxygens (including phenoxy) is 2. The van der Waals surface area contributed by atoms with E-state index in [1.54, 1.807) is 0 Å². The number of H-pyrrole nitrogens is 2. The van der Waals surface area contributed by atoms with Crippen molar-refractivity contribution in [1.82, 2.24) is 40.3 Å². The van der Waals surface area contributed by atoms with Crippen LogP contribution in [0.2, 0.25) is 10.6 Å². The average Bonchev–Trinajstić information content (AvgIpc) is 3.48. The highest BCUT2D eigenvalue weighted by atomic mass is 35.5. The van der Waals surface area contributed by atoms with Crippen LogP contribution in [-0.2, 0) is 14.0 Å². The molecule has 5 N–H and O–H groups in total. The lowest BCUT2D eigenvalue weighted by Gasteiger charge is -2.03. The van der Waals surface area contributed by atoms with Crippen molar-refractivity contribution in [3.63, 3.8) is 0 Å². The number of aliphatic carboxylic acids is 1. The highest BCUT2D eigenvalue weighted by molar-refractivity contribution is 7.98. The van der Waals surface area contributed by atoms with E-state index in [9.17, 15) is 0 Å². The summed E-state index contributed by atoms with van der Waals surface area (Å²) >= 11 is 14.0. The summed E-state index contributed by atoms with van der Waals surface area (Å²) in [4.78, 5) is 29.5. The second kappa shape index (κ2) is 17.7. The Balaban J connectivity index is 0.000000317. The average molecular weight is 615 g/mol. The molecule has 210 valence electrons.